The number of rotatable bonds is 7. The summed E-state index contributed by atoms with van der Waals surface area (Å²) in [5.41, 5.74) is 1.11. The molecule has 0 aliphatic heterocycles. The van der Waals surface area contributed by atoms with Crippen molar-refractivity contribution in [3.63, 3.8) is 0 Å². The van der Waals surface area contributed by atoms with E-state index in [1.54, 1.807) is 0 Å². The van der Waals surface area contributed by atoms with Gasteiger partial charge < -0.3 is 14.4 Å². The van der Waals surface area contributed by atoms with E-state index in [9.17, 15) is 4.79 Å². The smallest absolute Gasteiger partial charge is 0.305 e. The maximum atomic E-state index is 11.0. The number of ether oxygens (including phenoxy) is 2. The van der Waals surface area contributed by atoms with E-state index in [1.807, 2.05) is 38.2 Å². The highest BCUT2D eigenvalue weighted by atomic mass is 16.5. The highest BCUT2D eigenvalue weighted by Crippen LogP contribution is 2.18. The van der Waals surface area contributed by atoms with E-state index in [4.69, 9.17) is 4.74 Å². The number of carbonyl (C=O) groups is 1. The molecule has 0 aliphatic rings. The molecule has 4 heteroatoms. The zero-order valence-corrected chi connectivity index (χ0v) is 11.3. The average molecular weight is 251 g/mol. The molecule has 0 aliphatic carbocycles. The first kappa shape index (κ1) is 14.4. The second kappa shape index (κ2) is 7.58. The Morgan fingerprint density at radius 3 is 2.50 bits per heavy atom. The van der Waals surface area contributed by atoms with Crippen LogP contribution in [0.1, 0.15) is 19.8 Å². The Morgan fingerprint density at radius 2 is 1.94 bits per heavy atom. The molecule has 0 spiro atoms. The average Bonchev–Trinajstić information content (AvgIpc) is 2.39. The van der Waals surface area contributed by atoms with Crippen LogP contribution in [0.2, 0.25) is 0 Å². The van der Waals surface area contributed by atoms with Crippen LogP contribution in [-0.4, -0.2) is 33.3 Å². The third-order valence-corrected chi connectivity index (χ3v) is 2.69. The van der Waals surface area contributed by atoms with Gasteiger partial charge in [0.25, 0.3) is 0 Å². The lowest BCUT2D eigenvalue weighted by Crippen LogP contribution is -2.19. The Bertz CT molecular complexity index is 362. The summed E-state index contributed by atoms with van der Waals surface area (Å²) < 4.78 is 9.99. The molecule has 0 N–H and O–H groups in total. The molecule has 0 unspecified atom stereocenters. The maximum absolute atomic E-state index is 11.0. The van der Waals surface area contributed by atoms with Crippen molar-refractivity contribution in [2.45, 2.75) is 19.8 Å². The third-order valence-electron chi connectivity index (χ3n) is 2.69. The van der Waals surface area contributed by atoms with Gasteiger partial charge >= 0.3 is 5.97 Å². The van der Waals surface area contributed by atoms with E-state index >= 15 is 0 Å². The summed E-state index contributed by atoms with van der Waals surface area (Å²) in [5.74, 6) is 0.722. The number of hydrogen-bond donors (Lipinski definition) is 0. The summed E-state index contributed by atoms with van der Waals surface area (Å²) >= 11 is 0. The van der Waals surface area contributed by atoms with Gasteiger partial charge in [0.1, 0.15) is 5.75 Å². The summed E-state index contributed by atoms with van der Waals surface area (Å²) in [6.07, 6.45) is 1.24. The second-order valence-corrected chi connectivity index (χ2v) is 4.03. The molecule has 100 valence electrons. The van der Waals surface area contributed by atoms with Crippen molar-refractivity contribution in [2.75, 3.05) is 32.2 Å². The normalized spacial score (nSPS) is 9.94. The Labute approximate surface area is 108 Å². The molecular formula is C14H21NO3. The Hall–Kier alpha value is -1.71. The van der Waals surface area contributed by atoms with Crippen molar-refractivity contribution in [3.05, 3.63) is 24.3 Å². The predicted octanol–water partition coefficient (Wildman–Crippen LogP) is 2.47. The minimum Gasteiger partial charge on any atom is -0.494 e. The van der Waals surface area contributed by atoms with Crippen LogP contribution in [0.25, 0.3) is 0 Å². The highest BCUT2D eigenvalue weighted by Gasteiger charge is 2.04. The van der Waals surface area contributed by atoms with Crippen LogP contribution in [0.3, 0.4) is 0 Å². The summed E-state index contributed by atoms with van der Waals surface area (Å²) in [6.45, 7) is 3.46. The van der Waals surface area contributed by atoms with E-state index in [0.717, 1.165) is 24.4 Å². The van der Waals surface area contributed by atoms with Crippen molar-refractivity contribution >= 4 is 11.7 Å². The molecular weight excluding hydrogens is 230 g/mol. The van der Waals surface area contributed by atoms with E-state index in [-0.39, 0.29) is 5.97 Å². The quantitative estimate of drug-likeness (QED) is 0.698. The van der Waals surface area contributed by atoms with Gasteiger partial charge in [0.05, 0.1) is 13.7 Å². The minimum absolute atomic E-state index is 0.157. The summed E-state index contributed by atoms with van der Waals surface area (Å²) in [6, 6.07) is 7.94. The van der Waals surface area contributed by atoms with Gasteiger partial charge in [0.15, 0.2) is 0 Å². The number of nitrogens with zero attached hydrogens (tertiary/aromatic N) is 1. The van der Waals surface area contributed by atoms with Crippen molar-refractivity contribution in [3.8, 4) is 5.75 Å². The Balaban J connectivity index is 2.41. The van der Waals surface area contributed by atoms with Crippen LogP contribution in [-0.2, 0) is 9.53 Å². The van der Waals surface area contributed by atoms with E-state index < -0.39 is 0 Å². The molecule has 1 aromatic rings. The number of anilines is 1. The molecule has 0 saturated heterocycles. The van der Waals surface area contributed by atoms with Crippen LogP contribution < -0.4 is 9.64 Å². The predicted molar refractivity (Wildman–Crippen MR) is 72.1 cm³/mol. The van der Waals surface area contributed by atoms with Crippen LogP contribution in [0, 0.1) is 0 Å². The molecule has 0 saturated carbocycles. The first-order chi connectivity index (χ1) is 8.67. The standard InChI is InChI=1S/C14H21NO3/c1-4-18-13-9-7-12(8-10-13)15(2)11-5-6-14(16)17-3/h7-10H,4-6,11H2,1-3H3. The lowest BCUT2D eigenvalue weighted by Gasteiger charge is -2.19. The molecule has 0 fully saturated rings. The molecule has 0 bridgehead atoms. The third kappa shape index (κ3) is 4.65. The lowest BCUT2D eigenvalue weighted by atomic mass is 10.2. The molecule has 0 amide bonds. The first-order valence-corrected chi connectivity index (χ1v) is 6.18. The molecule has 0 radical (unpaired) electrons. The van der Waals surface area contributed by atoms with Gasteiger partial charge in [-0.3, -0.25) is 4.79 Å². The van der Waals surface area contributed by atoms with Crippen LogP contribution in [0.15, 0.2) is 24.3 Å². The second-order valence-electron chi connectivity index (χ2n) is 4.03. The summed E-state index contributed by atoms with van der Waals surface area (Å²) in [7, 11) is 3.42. The zero-order chi connectivity index (χ0) is 13.4. The van der Waals surface area contributed by atoms with E-state index in [0.29, 0.717) is 13.0 Å². The van der Waals surface area contributed by atoms with Crippen molar-refractivity contribution in [1.29, 1.82) is 0 Å². The minimum atomic E-state index is -0.157. The molecule has 1 aromatic carbocycles. The molecule has 0 heterocycles. The highest BCUT2D eigenvalue weighted by molar-refractivity contribution is 5.69. The number of benzene rings is 1. The van der Waals surface area contributed by atoms with E-state index in [2.05, 4.69) is 9.64 Å². The van der Waals surface area contributed by atoms with Crippen molar-refractivity contribution < 1.29 is 14.3 Å². The number of methoxy groups -OCH3 is 1. The Kier molecular flexibility index (Phi) is 6.05. The van der Waals surface area contributed by atoms with Crippen LogP contribution >= 0.6 is 0 Å². The number of carbonyl (C=O) groups excluding carboxylic acids is 1. The van der Waals surface area contributed by atoms with Crippen LogP contribution in [0.5, 0.6) is 5.75 Å². The fourth-order valence-corrected chi connectivity index (χ4v) is 1.66. The van der Waals surface area contributed by atoms with Gasteiger partial charge in [-0.1, -0.05) is 0 Å². The van der Waals surface area contributed by atoms with Crippen LogP contribution in [0.4, 0.5) is 5.69 Å². The SMILES string of the molecule is CCOc1ccc(N(C)CCCC(=O)OC)cc1. The van der Waals surface area contributed by atoms with Gasteiger partial charge in [-0.25, -0.2) is 0 Å². The monoisotopic (exact) mass is 251 g/mol. The largest absolute Gasteiger partial charge is 0.494 e. The zero-order valence-electron chi connectivity index (χ0n) is 11.3. The van der Waals surface area contributed by atoms with Gasteiger partial charge in [-0.05, 0) is 37.6 Å². The fraction of sp³-hybridized carbons (Fsp3) is 0.500. The number of esters is 1. The van der Waals surface area contributed by atoms with Gasteiger partial charge in [0, 0.05) is 25.7 Å². The van der Waals surface area contributed by atoms with Gasteiger partial charge in [-0.2, -0.15) is 0 Å². The van der Waals surface area contributed by atoms with E-state index in [1.165, 1.54) is 7.11 Å². The fourth-order valence-electron chi connectivity index (χ4n) is 1.66. The van der Waals surface area contributed by atoms with Gasteiger partial charge in [-0.15, -0.1) is 0 Å². The van der Waals surface area contributed by atoms with Crippen molar-refractivity contribution in [1.82, 2.24) is 0 Å². The lowest BCUT2D eigenvalue weighted by molar-refractivity contribution is -0.140. The first-order valence-electron chi connectivity index (χ1n) is 6.18. The van der Waals surface area contributed by atoms with Crippen molar-refractivity contribution in [2.24, 2.45) is 0 Å². The molecule has 0 aromatic heterocycles. The Morgan fingerprint density at radius 1 is 1.28 bits per heavy atom. The molecule has 0 atom stereocenters. The molecule has 18 heavy (non-hydrogen) atoms. The topological polar surface area (TPSA) is 38.8 Å². The maximum Gasteiger partial charge on any atom is 0.305 e. The number of hydrogen-bond acceptors (Lipinski definition) is 4. The molecule has 1 rings (SSSR count). The summed E-state index contributed by atoms with van der Waals surface area (Å²) in [5, 5.41) is 0. The van der Waals surface area contributed by atoms with Gasteiger partial charge in [0.2, 0.25) is 0 Å². The summed E-state index contributed by atoms with van der Waals surface area (Å²) in [4.78, 5) is 13.1. The molecule has 4 nitrogen and oxygen atoms in total.